The number of carbonyl (C=O) groups excluding carboxylic acids is 2. The zero-order valence-electron chi connectivity index (χ0n) is 17.4. The lowest BCUT2D eigenvalue weighted by atomic mass is 9.90. The number of likely N-dealkylation sites (N-methyl/N-ethyl adjacent to an activating group) is 1. The lowest BCUT2D eigenvalue weighted by molar-refractivity contribution is -0.157. The van der Waals surface area contributed by atoms with E-state index >= 15 is 0 Å². The summed E-state index contributed by atoms with van der Waals surface area (Å²) in [6.07, 6.45) is 0. The Kier molecular flexibility index (Phi) is 7.38. The molecule has 164 valence electrons. The van der Waals surface area contributed by atoms with E-state index in [-0.39, 0.29) is 24.1 Å². The Balaban J connectivity index is 1.92. The van der Waals surface area contributed by atoms with Crippen LogP contribution in [0.25, 0.3) is 0 Å². The normalized spacial score (nSPS) is 24.5. The molecule has 0 radical (unpaired) electrons. The fourth-order valence-corrected chi connectivity index (χ4v) is 5.38. The average molecular weight is 435 g/mol. The number of rotatable bonds is 6. The molecule has 2 unspecified atom stereocenters. The van der Waals surface area contributed by atoms with E-state index in [9.17, 15) is 19.5 Å². The Morgan fingerprint density at radius 2 is 1.77 bits per heavy atom. The lowest BCUT2D eigenvalue weighted by Gasteiger charge is -2.38. The van der Waals surface area contributed by atoms with E-state index in [1.807, 2.05) is 37.4 Å². The zero-order valence-corrected chi connectivity index (χ0v) is 18.3. The van der Waals surface area contributed by atoms with Crippen molar-refractivity contribution in [2.45, 2.75) is 18.3 Å². The second-order valence-electron chi connectivity index (χ2n) is 8.02. The van der Waals surface area contributed by atoms with Crippen molar-refractivity contribution in [3.8, 4) is 0 Å². The molecule has 0 bridgehead atoms. The standard InChI is InChI=1S/C21H30N4O4S/c1-14(12-22)17(18(26)24-10-8-23(2)9-11-24)19(27)25-16(21(28)29)13-30-20(25)15-6-4-3-5-7-15/h3-7,14,16-17,20H,8-13,22H2,1-2H3,(H,28,29)/t14?,16-,17-,20?/m0/s1. The van der Waals surface area contributed by atoms with Gasteiger partial charge in [0.15, 0.2) is 0 Å². The Hall–Kier alpha value is -2.10. The summed E-state index contributed by atoms with van der Waals surface area (Å²) >= 11 is 1.41. The van der Waals surface area contributed by atoms with Gasteiger partial charge in [0.2, 0.25) is 11.8 Å². The molecular formula is C21H30N4O4S. The summed E-state index contributed by atoms with van der Waals surface area (Å²) in [7, 11) is 2.00. The molecule has 30 heavy (non-hydrogen) atoms. The minimum Gasteiger partial charge on any atom is -0.480 e. The molecule has 0 aromatic heterocycles. The number of nitrogens with two attached hydrogens (primary N) is 1. The van der Waals surface area contributed by atoms with Gasteiger partial charge in [0.1, 0.15) is 17.3 Å². The van der Waals surface area contributed by atoms with Crippen molar-refractivity contribution in [3.63, 3.8) is 0 Å². The predicted molar refractivity (Wildman–Crippen MR) is 116 cm³/mol. The molecule has 2 heterocycles. The SMILES string of the molecule is CC(CN)[C@@H](C(=O)N1CCN(C)CC1)C(=O)N1C(c2ccccc2)SC[C@H]1C(=O)O. The molecule has 2 fully saturated rings. The number of hydrogen-bond donors (Lipinski definition) is 2. The maximum absolute atomic E-state index is 13.7. The van der Waals surface area contributed by atoms with E-state index in [1.165, 1.54) is 16.7 Å². The number of carboxylic acid groups (broad SMARTS) is 1. The molecule has 0 spiro atoms. The number of amides is 2. The number of piperazine rings is 1. The molecule has 2 aliphatic rings. The quantitative estimate of drug-likeness (QED) is 0.635. The first-order valence-electron chi connectivity index (χ1n) is 10.2. The van der Waals surface area contributed by atoms with Crippen molar-refractivity contribution < 1.29 is 19.5 Å². The van der Waals surface area contributed by atoms with Crippen molar-refractivity contribution in [2.75, 3.05) is 45.5 Å². The smallest absolute Gasteiger partial charge is 0.327 e. The van der Waals surface area contributed by atoms with Crippen molar-refractivity contribution >= 4 is 29.5 Å². The Bertz CT molecular complexity index is 770. The van der Waals surface area contributed by atoms with Gasteiger partial charge in [0.25, 0.3) is 0 Å². The largest absolute Gasteiger partial charge is 0.480 e. The van der Waals surface area contributed by atoms with E-state index in [2.05, 4.69) is 4.90 Å². The van der Waals surface area contributed by atoms with Crippen LogP contribution >= 0.6 is 11.8 Å². The summed E-state index contributed by atoms with van der Waals surface area (Å²) in [6, 6.07) is 8.39. The van der Waals surface area contributed by atoms with Crippen molar-refractivity contribution in [1.29, 1.82) is 0 Å². The van der Waals surface area contributed by atoms with Gasteiger partial charge >= 0.3 is 5.97 Å². The molecule has 8 nitrogen and oxygen atoms in total. The third-order valence-corrected chi connectivity index (χ3v) is 7.24. The van der Waals surface area contributed by atoms with Gasteiger partial charge in [-0.3, -0.25) is 9.59 Å². The van der Waals surface area contributed by atoms with E-state index in [4.69, 9.17) is 5.73 Å². The average Bonchev–Trinajstić information content (AvgIpc) is 3.20. The van der Waals surface area contributed by atoms with E-state index in [0.717, 1.165) is 18.7 Å². The van der Waals surface area contributed by atoms with Crippen molar-refractivity contribution in [3.05, 3.63) is 35.9 Å². The van der Waals surface area contributed by atoms with Gasteiger partial charge in [-0.2, -0.15) is 0 Å². The van der Waals surface area contributed by atoms with Crippen LogP contribution in [0.2, 0.25) is 0 Å². The van der Waals surface area contributed by atoms with Crippen molar-refractivity contribution in [2.24, 2.45) is 17.6 Å². The maximum atomic E-state index is 13.7. The number of nitrogens with zero attached hydrogens (tertiary/aromatic N) is 3. The predicted octanol–water partition coefficient (Wildman–Crippen LogP) is 0.699. The molecule has 1 aromatic carbocycles. The fourth-order valence-electron chi connectivity index (χ4n) is 3.95. The summed E-state index contributed by atoms with van der Waals surface area (Å²) in [4.78, 5) is 44.3. The van der Waals surface area contributed by atoms with Crippen LogP contribution in [-0.4, -0.2) is 89.2 Å². The van der Waals surface area contributed by atoms with Gasteiger partial charge in [-0.05, 0) is 25.1 Å². The van der Waals surface area contributed by atoms with Gasteiger partial charge < -0.3 is 25.5 Å². The van der Waals surface area contributed by atoms with Gasteiger partial charge in [-0.25, -0.2) is 4.79 Å². The van der Waals surface area contributed by atoms with Gasteiger partial charge in [0, 0.05) is 31.9 Å². The summed E-state index contributed by atoms with van der Waals surface area (Å²) in [5.41, 5.74) is 6.72. The Morgan fingerprint density at radius 3 is 2.33 bits per heavy atom. The molecule has 3 rings (SSSR count). The van der Waals surface area contributed by atoms with Crippen LogP contribution in [0, 0.1) is 11.8 Å². The molecule has 4 atom stereocenters. The first kappa shape index (κ1) is 22.6. The van der Waals surface area contributed by atoms with Crippen LogP contribution in [0.1, 0.15) is 17.9 Å². The molecular weight excluding hydrogens is 404 g/mol. The van der Waals surface area contributed by atoms with Crippen LogP contribution in [0.5, 0.6) is 0 Å². The molecule has 2 aliphatic heterocycles. The monoisotopic (exact) mass is 434 g/mol. The molecule has 2 saturated heterocycles. The topological polar surface area (TPSA) is 107 Å². The highest BCUT2D eigenvalue weighted by molar-refractivity contribution is 7.99. The molecule has 0 saturated carbocycles. The molecule has 0 aliphatic carbocycles. The van der Waals surface area contributed by atoms with Gasteiger partial charge in [0.05, 0.1) is 0 Å². The van der Waals surface area contributed by atoms with Gasteiger partial charge in [-0.15, -0.1) is 11.8 Å². The highest BCUT2D eigenvalue weighted by Crippen LogP contribution is 2.42. The fraction of sp³-hybridized carbons (Fsp3) is 0.571. The summed E-state index contributed by atoms with van der Waals surface area (Å²) < 4.78 is 0. The summed E-state index contributed by atoms with van der Waals surface area (Å²) in [5, 5.41) is 9.32. The van der Waals surface area contributed by atoms with Crippen LogP contribution in [0.3, 0.4) is 0 Å². The number of thioether (sulfide) groups is 1. The van der Waals surface area contributed by atoms with Crippen molar-refractivity contribution in [1.82, 2.24) is 14.7 Å². The Labute approximate surface area is 181 Å². The third-order valence-electron chi connectivity index (χ3n) is 5.91. The van der Waals surface area contributed by atoms with Gasteiger partial charge in [-0.1, -0.05) is 37.3 Å². The summed E-state index contributed by atoms with van der Waals surface area (Å²) in [6.45, 7) is 4.55. The highest BCUT2D eigenvalue weighted by Gasteiger charge is 2.47. The van der Waals surface area contributed by atoms with Crippen LogP contribution in [-0.2, 0) is 14.4 Å². The minimum atomic E-state index is -1.06. The first-order valence-corrected chi connectivity index (χ1v) is 11.3. The zero-order chi connectivity index (χ0) is 21.8. The first-order chi connectivity index (χ1) is 14.3. The molecule has 1 aromatic rings. The lowest BCUT2D eigenvalue weighted by Crippen LogP contribution is -2.55. The molecule has 2 amide bonds. The number of carbonyl (C=O) groups is 3. The highest BCUT2D eigenvalue weighted by atomic mass is 32.2. The van der Waals surface area contributed by atoms with E-state index < -0.39 is 29.2 Å². The number of aliphatic carboxylic acids is 1. The van der Waals surface area contributed by atoms with E-state index in [0.29, 0.717) is 13.1 Å². The third kappa shape index (κ3) is 4.63. The Morgan fingerprint density at radius 1 is 1.13 bits per heavy atom. The minimum absolute atomic E-state index is 0.171. The second kappa shape index (κ2) is 9.80. The molecule has 9 heteroatoms. The molecule has 3 N–H and O–H groups in total. The maximum Gasteiger partial charge on any atom is 0.327 e. The van der Waals surface area contributed by atoms with Crippen LogP contribution in [0.4, 0.5) is 0 Å². The summed E-state index contributed by atoms with van der Waals surface area (Å²) in [5.74, 6) is -2.83. The van der Waals surface area contributed by atoms with E-state index in [1.54, 1.807) is 11.8 Å². The second-order valence-corrected chi connectivity index (χ2v) is 9.13. The van der Waals surface area contributed by atoms with Crippen LogP contribution in [0.15, 0.2) is 30.3 Å². The number of benzene rings is 1. The number of hydrogen-bond acceptors (Lipinski definition) is 6. The van der Waals surface area contributed by atoms with Crippen LogP contribution < -0.4 is 5.73 Å². The number of carboxylic acids is 1.